The molecule has 1 aromatic carbocycles. The molecule has 0 aromatic heterocycles. The Morgan fingerprint density at radius 2 is 1.88 bits per heavy atom. The summed E-state index contributed by atoms with van der Waals surface area (Å²) in [6.45, 7) is -0.451. The van der Waals surface area contributed by atoms with Gasteiger partial charge in [-0.15, -0.1) is 0 Å². The predicted octanol–water partition coefficient (Wildman–Crippen LogP) is 3.57. The molecule has 0 amide bonds. The lowest BCUT2D eigenvalue weighted by Gasteiger charge is -2.13. The zero-order valence-electron chi connectivity index (χ0n) is 8.69. The lowest BCUT2D eigenvalue weighted by molar-refractivity contribution is -0.131. The van der Waals surface area contributed by atoms with Gasteiger partial charge in [-0.1, -0.05) is 0 Å². The van der Waals surface area contributed by atoms with Crippen LogP contribution in [0.4, 0.5) is 33.3 Å². The molecule has 0 aliphatic rings. The summed E-state index contributed by atoms with van der Waals surface area (Å²) in [5.41, 5.74) is 5.04. The van der Waals surface area contributed by atoms with E-state index in [0.29, 0.717) is 0 Å². The zero-order valence-corrected chi connectivity index (χ0v) is 8.69. The van der Waals surface area contributed by atoms with E-state index in [9.17, 15) is 22.0 Å². The highest BCUT2D eigenvalue weighted by atomic mass is 19.4. The van der Waals surface area contributed by atoms with Crippen molar-refractivity contribution >= 4 is 11.4 Å². The molecule has 0 spiro atoms. The van der Waals surface area contributed by atoms with Gasteiger partial charge in [-0.3, -0.25) is 0 Å². The second-order valence-corrected chi connectivity index (χ2v) is 3.44. The Morgan fingerprint density at radius 3 is 2.41 bits per heavy atom. The molecule has 2 nitrogen and oxygen atoms in total. The van der Waals surface area contributed by atoms with Gasteiger partial charge in [-0.25, -0.2) is 8.78 Å². The molecule has 0 saturated carbocycles. The Morgan fingerprint density at radius 1 is 1.24 bits per heavy atom. The van der Waals surface area contributed by atoms with Crippen molar-refractivity contribution in [3.05, 3.63) is 23.8 Å². The summed E-state index contributed by atoms with van der Waals surface area (Å²) in [5, 5.41) is 2.32. The highest BCUT2D eigenvalue weighted by Gasteiger charge is 2.26. The van der Waals surface area contributed by atoms with Crippen LogP contribution in [-0.4, -0.2) is 12.7 Å². The summed E-state index contributed by atoms with van der Waals surface area (Å²) in [4.78, 5) is 0. The van der Waals surface area contributed by atoms with Gasteiger partial charge in [0.1, 0.15) is 0 Å². The first-order valence-corrected chi connectivity index (χ1v) is 4.78. The maximum absolute atomic E-state index is 12.6. The summed E-state index contributed by atoms with van der Waals surface area (Å²) in [7, 11) is 0. The molecule has 7 heteroatoms. The van der Waals surface area contributed by atoms with Gasteiger partial charge in [0, 0.05) is 23.5 Å². The van der Waals surface area contributed by atoms with Crippen molar-refractivity contribution in [2.75, 3.05) is 17.6 Å². The minimum absolute atomic E-state index is 0.0292. The minimum Gasteiger partial charge on any atom is -0.399 e. The zero-order chi connectivity index (χ0) is 13.1. The highest BCUT2D eigenvalue weighted by Crippen LogP contribution is 2.29. The number of halogens is 5. The van der Waals surface area contributed by atoms with Crippen LogP contribution >= 0.6 is 0 Å². The van der Waals surface area contributed by atoms with Crippen molar-refractivity contribution in [1.29, 1.82) is 0 Å². The number of nitrogen functional groups attached to an aromatic ring is 1. The number of anilines is 2. The number of alkyl halides is 5. The standard InChI is InChI=1S/C10H11F5N2/c11-9(12)7-5-6(16)1-2-8(7)17-4-3-10(13,14)15/h1-2,5,9,17H,3-4,16H2. The lowest BCUT2D eigenvalue weighted by atomic mass is 10.1. The molecule has 0 aliphatic heterocycles. The van der Waals surface area contributed by atoms with E-state index in [1.807, 2.05) is 0 Å². The van der Waals surface area contributed by atoms with Crippen molar-refractivity contribution in [2.24, 2.45) is 0 Å². The van der Waals surface area contributed by atoms with E-state index in [2.05, 4.69) is 5.32 Å². The van der Waals surface area contributed by atoms with Gasteiger partial charge in [0.25, 0.3) is 6.43 Å². The van der Waals surface area contributed by atoms with E-state index < -0.39 is 31.1 Å². The summed E-state index contributed by atoms with van der Waals surface area (Å²) in [6.07, 6.45) is -8.18. The minimum atomic E-state index is -4.31. The molecule has 0 aliphatic carbocycles. The Kier molecular flexibility index (Phi) is 4.14. The van der Waals surface area contributed by atoms with E-state index in [4.69, 9.17) is 5.73 Å². The molecule has 0 bridgehead atoms. The Balaban J connectivity index is 2.70. The molecule has 0 radical (unpaired) electrons. The van der Waals surface area contributed by atoms with E-state index in [-0.39, 0.29) is 11.4 Å². The van der Waals surface area contributed by atoms with Gasteiger partial charge in [0.15, 0.2) is 0 Å². The van der Waals surface area contributed by atoms with Gasteiger partial charge in [0.05, 0.1) is 6.42 Å². The maximum Gasteiger partial charge on any atom is 0.390 e. The Hall–Kier alpha value is -1.53. The number of rotatable bonds is 4. The first-order chi connectivity index (χ1) is 7.79. The smallest absolute Gasteiger partial charge is 0.390 e. The second kappa shape index (κ2) is 5.20. The van der Waals surface area contributed by atoms with Crippen LogP contribution in [0, 0.1) is 0 Å². The normalized spacial score (nSPS) is 11.9. The van der Waals surface area contributed by atoms with Crippen molar-refractivity contribution < 1.29 is 22.0 Å². The van der Waals surface area contributed by atoms with Crippen molar-refractivity contribution in [3.8, 4) is 0 Å². The van der Waals surface area contributed by atoms with Crippen LogP contribution in [0.25, 0.3) is 0 Å². The molecule has 0 heterocycles. The van der Waals surface area contributed by atoms with E-state index in [1.165, 1.54) is 12.1 Å². The summed E-state index contributed by atoms with van der Waals surface area (Å²) in [5.74, 6) is 0. The summed E-state index contributed by atoms with van der Waals surface area (Å²) >= 11 is 0. The molecule has 0 atom stereocenters. The van der Waals surface area contributed by atoms with Crippen LogP contribution < -0.4 is 11.1 Å². The average molecular weight is 254 g/mol. The Bertz CT molecular complexity index is 375. The molecule has 0 fully saturated rings. The topological polar surface area (TPSA) is 38.0 Å². The van der Waals surface area contributed by atoms with Crippen molar-refractivity contribution in [2.45, 2.75) is 19.0 Å². The van der Waals surface area contributed by atoms with Crippen LogP contribution in [-0.2, 0) is 0 Å². The fourth-order valence-corrected chi connectivity index (χ4v) is 1.26. The fourth-order valence-electron chi connectivity index (χ4n) is 1.26. The SMILES string of the molecule is Nc1ccc(NCCC(F)(F)F)c(C(F)F)c1. The van der Waals surface area contributed by atoms with Gasteiger partial charge in [-0.2, -0.15) is 13.2 Å². The average Bonchev–Trinajstić information content (AvgIpc) is 2.18. The molecule has 1 rings (SSSR count). The van der Waals surface area contributed by atoms with Crippen LogP contribution in [0.5, 0.6) is 0 Å². The number of nitrogens with one attached hydrogen (secondary N) is 1. The van der Waals surface area contributed by atoms with Gasteiger partial charge < -0.3 is 11.1 Å². The molecular formula is C10H11F5N2. The van der Waals surface area contributed by atoms with Gasteiger partial charge in [0.2, 0.25) is 0 Å². The highest BCUT2D eigenvalue weighted by molar-refractivity contribution is 5.58. The summed E-state index contributed by atoms with van der Waals surface area (Å²) in [6, 6.07) is 3.63. The third-order valence-electron chi connectivity index (χ3n) is 2.03. The maximum atomic E-state index is 12.6. The third-order valence-corrected chi connectivity index (χ3v) is 2.03. The predicted molar refractivity (Wildman–Crippen MR) is 55.0 cm³/mol. The van der Waals surface area contributed by atoms with Crippen LogP contribution in [0.3, 0.4) is 0 Å². The van der Waals surface area contributed by atoms with Crippen LogP contribution in [0.2, 0.25) is 0 Å². The molecule has 0 unspecified atom stereocenters. The molecular weight excluding hydrogens is 243 g/mol. The van der Waals surface area contributed by atoms with Gasteiger partial charge in [-0.05, 0) is 18.2 Å². The Labute approximate surface area is 94.6 Å². The molecule has 0 saturated heterocycles. The third kappa shape index (κ3) is 4.46. The number of hydrogen-bond acceptors (Lipinski definition) is 2. The lowest BCUT2D eigenvalue weighted by Crippen LogP contribution is -2.15. The number of nitrogens with two attached hydrogens (primary N) is 1. The monoisotopic (exact) mass is 254 g/mol. The van der Waals surface area contributed by atoms with E-state index in [1.54, 1.807) is 0 Å². The summed E-state index contributed by atoms with van der Waals surface area (Å²) < 4.78 is 60.7. The largest absolute Gasteiger partial charge is 0.399 e. The van der Waals surface area contributed by atoms with Crippen LogP contribution in [0.1, 0.15) is 18.4 Å². The van der Waals surface area contributed by atoms with Gasteiger partial charge >= 0.3 is 6.18 Å². The quantitative estimate of drug-likeness (QED) is 0.636. The number of hydrogen-bond donors (Lipinski definition) is 2. The first kappa shape index (κ1) is 13.5. The number of benzene rings is 1. The molecule has 3 N–H and O–H groups in total. The fraction of sp³-hybridized carbons (Fsp3) is 0.400. The molecule has 1 aromatic rings. The second-order valence-electron chi connectivity index (χ2n) is 3.44. The molecule has 96 valence electrons. The molecule has 17 heavy (non-hydrogen) atoms. The first-order valence-electron chi connectivity index (χ1n) is 4.78. The van der Waals surface area contributed by atoms with E-state index in [0.717, 1.165) is 6.07 Å². The van der Waals surface area contributed by atoms with Crippen molar-refractivity contribution in [3.63, 3.8) is 0 Å². The van der Waals surface area contributed by atoms with Crippen molar-refractivity contribution in [1.82, 2.24) is 0 Å². The van der Waals surface area contributed by atoms with Crippen LogP contribution in [0.15, 0.2) is 18.2 Å². The van der Waals surface area contributed by atoms with E-state index >= 15 is 0 Å².